The van der Waals surface area contributed by atoms with E-state index in [1.165, 1.54) is 24.6 Å². The number of nitrogens with zero attached hydrogens (tertiary/aromatic N) is 1. The molecular formula is C17H19NO4S. The average Bonchev–Trinajstić information content (AvgIpc) is 2.90. The Morgan fingerprint density at radius 1 is 1.04 bits per heavy atom. The lowest BCUT2D eigenvalue weighted by Gasteiger charge is -2.24. The molecule has 0 saturated carbocycles. The van der Waals surface area contributed by atoms with Gasteiger partial charge in [0.05, 0.1) is 24.8 Å². The second-order valence-electron chi connectivity index (χ2n) is 5.50. The topological polar surface area (TPSA) is 55.8 Å². The maximum Gasteiger partial charge on any atom is 0.264 e. The summed E-state index contributed by atoms with van der Waals surface area (Å²) in [6, 6.07) is 12.1. The van der Waals surface area contributed by atoms with E-state index in [1.807, 2.05) is 31.2 Å². The van der Waals surface area contributed by atoms with Crippen LogP contribution in [0.1, 0.15) is 12.5 Å². The van der Waals surface area contributed by atoms with Crippen molar-refractivity contribution in [1.82, 2.24) is 0 Å². The van der Waals surface area contributed by atoms with Crippen LogP contribution in [0.2, 0.25) is 0 Å². The maximum absolute atomic E-state index is 13.1. The number of benzene rings is 2. The van der Waals surface area contributed by atoms with Gasteiger partial charge in [-0.15, -0.1) is 0 Å². The van der Waals surface area contributed by atoms with E-state index in [9.17, 15) is 8.42 Å². The number of rotatable bonds is 4. The fraction of sp³-hybridized carbons (Fsp3) is 0.294. The zero-order chi connectivity index (χ0) is 16.6. The zero-order valence-electron chi connectivity index (χ0n) is 13.3. The fourth-order valence-corrected chi connectivity index (χ4v) is 4.70. The molecule has 6 heteroatoms. The molecule has 1 unspecified atom stereocenters. The van der Waals surface area contributed by atoms with Crippen molar-refractivity contribution in [3.05, 3.63) is 48.0 Å². The first kappa shape index (κ1) is 15.7. The SMILES string of the molecule is COc1ccc(S(=O)(=O)N2c3ccccc3CC2C)cc1OC. The van der Waals surface area contributed by atoms with Gasteiger partial charge in [0, 0.05) is 12.1 Å². The smallest absolute Gasteiger partial charge is 0.264 e. The molecule has 3 rings (SSSR count). The summed E-state index contributed by atoms with van der Waals surface area (Å²) in [5.74, 6) is 0.898. The van der Waals surface area contributed by atoms with Crippen molar-refractivity contribution in [3.63, 3.8) is 0 Å². The molecule has 2 aromatic rings. The van der Waals surface area contributed by atoms with Gasteiger partial charge in [-0.1, -0.05) is 18.2 Å². The number of hydrogen-bond acceptors (Lipinski definition) is 4. The van der Waals surface area contributed by atoms with Gasteiger partial charge in [-0.05, 0) is 37.1 Å². The van der Waals surface area contributed by atoms with Crippen molar-refractivity contribution < 1.29 is 17.9 Å². The Balaban J connectivity index is 2.09. The molecule has 0 saturated heterocycles. The van der Waals surface area contributed by atoms with Crippen molar-refractivity contribution in [2.75, 3.05) is 18.5 Å². The number of hydrogen-bond donors (Lipinski definition) is 0. The fourth-order valence-electron chi connectivity index (χ4n) is 2.99. The normalized spacial score (nSPS) is 17.0. The van der Waals surface area contributed by atoms with Gasteiger partial charge in [0.1, 0.15) is 0 Å². The van der Waals surface area contributed by atoms with Gasteiger partial charge in [-0.2, -0.15) is 0 Å². The van der Waals surface area contributed by atoms with E-state index in [1.54, 1.807) is 12.1 Å². The van der Waals surface area contributed by atoms with Gasteiger partial charge in [-0.25, -0.2) is 8.42 Å². The number of sulfonamides is 1. The lowest BCUT2D eigenvalue weighted by atomic mass is 10.1. The van der Waals surface area contributed by atoms with Crippen LogP contribution in [-0.2, 0) is 16.4 Å². The van der Waals surface area contributed by atoms with Crippen LogP contribution in [-0.4, -0.2) is 28.7 Å². The van der Waals surface area contributed by atoms with E-state index in [0.717, 1.165) is 11.3 Å². The highest BCUT2D eigenvalue weighted by Gasteiger charge is 2.36. The first-order chi connectivity index (χ1) is 11.0. The molecule has 122 valence electrons. The summed E-state index contributed by atoms with van der Waals surface area (Å²) in [5.41, 5.74) is 1.79. The second-order valence-corrected chi connectivity index (χ2v) is 7.31. The van der Waals surface area contributed by atoms with Crippen molar-refractivity contribution in [1.29, 1.82) is 0 Å². The summed E-state index contributed by atoms with van der Waals surface area (Å²) < 4.78 is 38.1. The summed E-state index contributed by atoms with van der Waals surface area (Å²) in [6.07, 6.45) is 0.711. The third-order valence-corrected chi connectivity index (χ3v) is 5.98. The monoisotopic (exact) mass is 333 g/mol. The minimum atomic E-state index is -3.66. The lowest BCUT2D eigenvalue weighted by molar-refractivity contribution is 0.354. The van der Waals surface area contributed by atoms with Gasteiger partial charge >= 0.3 is 0 Å². The first-order valence-electron chi connectivity index (χ1n) is 7.33. The summed E-state index contributed by atoms with van der Waals surface area (Å²) in [4.78, 5) is 0.193. The molecule has 0 amide bonds. The van der Waals surface area contributed by atoms with Crippen LogP contribution in [0.3, 0.4) is 0 Å². The van der Waals surface area contributed by atoms with Crippen LogP contribution in [0, 0.1) is 0 Å². The molecular weight excluding hydrogens is 314 g/mol. The van der Waals surface area contributed by atoms with E-state index >= 15 is 0 Å². The van der Waals surface area contributed by atoms with Crippen molar-refractivity contribution >= 4 is 15.7 Å². The molecule has 1 aliphatic rings. The van der Waals surface area contributed by atoms with E-state index < -0.39 is 10.0 Å². The second kappa shape index (κ2) is 5.77. The van der Waals surface area contributed by atoms with Crippen LogP contribution >= 0.6 is 0 Å². The maximum atomic E-state index is 13.1. The number of anilines is 1. The molecule has 0 aliphatic carbocycles. The van der Waals surface area contributed by atoms with Gasteiger partial charge in [0.15, 0.2) is 11.5 Å². The molecule has 23 heavy (non-hydrogen) atoms. The van der Waals surface area contributed by atoms with Crippen LogP contribution in [0.4, 0.5) is 5.69 Å². The molecule has 0 radical (unpaired) electrons. The summed E-state index contributed by atoms with van der Waals surface area (Å²) in [5, 5.41) is 0. The van der Waals surface area contributed by atoms with E-state index in [-0.39, 0.29) is 10.9 Å². The third kappa shape index (κ3) is 2.53. The average molecular weight is 333 g/mol. The van der Waals surface area contributed by atoms with Crippen LogP contribution in [0.5, 0.6) is 11.5 Å². The lowest BCUT2D eigenvalue weighted by Crippen LogP contribution is -2.35. The molecule has 0 bridgehead atoms. The molecule has 0 spiro atoms. The quantitative estimate of drug-likeness (QED) is 0.863. The number of ether oxygens (including phenoxy) is 2. The number of fused-ring (bicyclic) bond motifs is 1. The Morgan fingerprint density at radius 2 is 1.74 bits per heavy atom. The Hall–Kier alpha value is -2.21. The summed E-state index contributed by atoms with van der Waals surface area (Å²) in [6.45, 7) is 1.91. The molecule has 5 nitrogen and oxygen atoms in total. The van der Waals surface area contributed by atoms with Gasteiger partial charge in [-0.3, -0.25) is 4.31 Å². The van der Waals surface area contributed by atoms with Crippen LogP contribution < -0.4 is 13.8 Å². The van der Waals surface area contributed by atoms with Crippen LogP contribution in [0.25, 0.3) is 0 Å². The Morgan fingerprint density at radius 3 is 2.43 bits per heavy atom. The molecule has 0 fully saturated rings. The van der Waals surface area contributed by atoms with E-state index in [0.29, 0.717) is 17.9 Å². The predicted octanol–water partition coefficient (Wildman–Crippen LogP) is 2.84. The molecule has 0 aromatic heterocycles. The van der Waals surface area contributed by atoms with Gasteiger partial charge in [0.2, 0.25) is 0 Å². The van der Waals surface area contributed by atoms with Gasteiger partial charge in [0.25, 0.3) is 10.0 Å². The predicted molar refractivity (Wildman–Crippen MR) is 88.8 cm³/mol. The highest BCUT2D eigenvalue weighted by atomic mass is 32.2. The summed E-state index contributed by atoms with van der Waals surface area (Å²) >= 11 is 0. The largest absolute Gasteiger partial charge is 0.493 e. The summed E-state index contributed by atoms with van der Waals surface area (Å²) in [7, 11) is -0.654. The minimum absolute atomic E-state index is 0.120. The number of methoxy groups -OCH3 is 2. The molecule has 1 aliphatic heterocycles. The van der Waals surface area contributed by atoms with Crippen molar-refractivity contribution in [3.8, 4) is 11.5 Å². The van der Waals surface area contributed by atoms with Crippen molar-refractivity contribution in [2.24, 2.45) is 0 Å². The Labute approximate surface area is 136 Å². The molecule has 1 heterocycles. The zero-order valence-corrected chi connectivity index (χ0v) is 14.1. The third-order valence-electron chi connectivity index (χ3n) is 4.06. The first-order valence-corrected chi connectivity index (χ1v) is 8.77. The molecule has 1 atom stereocenters. The van der Waals surface area contributed by atoms with Gasteiger partial charge < -0.3 is 9.47 Å². The van der Waals surface area contributed by atoms with E-state index in [2.05, 4.69) is 0 Å². The van der Waals surface area contributed by atoms with E-state index in [4.69, 9.17) is 9.47 Å². The Kier molecular flexibility index (Phi) is 3.93. The molecule has 0 N–H and O–H groups in total. The number of para-hydroxylation sites is 1. The van der Waals surface area contributed by atoms with Crippen molar-refractivity contribution in [2.45, 2.75) is 24.3 Å². The van der Waals surface area contributed by atoms with Crippen LogP contribution in [0.15, 0.2) is 47.4 Å². The molecule has 2 aromatic carbocycles. The Bertz CT molecular complexity index is 832. The highest BCUT2D eigenvalue weighted by molar-refractivity contribution is 7.92. The highest BCUT2D eigenvalue weighted by Crippen LogP contribution is 2.38. The minimum Gasteiger partial charge on any atom is -0.493 e. The standard InChI is InChI=1S/C17H19NO4S/c1-12-10-13-6-4-5-7-15(13)18(12)23(19,20)14-8-9-16(21-2)17(11-14)22-3/h4-9,11-12H,10H2,1-3H3.